The lowest BCUT2D eigenvalue weighted by molar-refractivity contribution is 0.0949. The fraction of sp³-hybridized carbons (Fsp3) is 0. The van der Waals surface area contributed by atoms with Gasteiger partial charge in [0.15, 0.2) is 5.69 Å². The number of aromatic nitrogens is 2. The maximum absolute atomic E-state index is 12.6. The zero-order chi connectivity index (χ0) is 20.9. The molecule has 0 fully saturated rings. The van der Waals surface area contributed by atoms with Gasteiger partial charge in [-0.05, 0) is 30.3 Å². The fourth-order valence-electron chi connectivity index (χ4n) is 2.90. The highest BCUT2D eigenvalue weighted by Crippen LogP contribution is 2.24. The van der Waals surface area contributed by atoms with Crippen molar-refractivity contribution in [3.05, 3.63) is 106 Å². The monoisotopic (exact) mass is 434 g/mol. The van der Waals surface area contributed by atoms with Crippen molar-refractivity contribution in [3.8, 4) is 16.9 Å². The number of hydrogen-bond acceptors (Lipinski definition) is 3. The van der Waals surface area contributed by atoms with Crippen LogP contribution in [0.1, 0.15) is 16.1 Å². The van der Waals surface area contributed by atoms with Crippen LogP contribution in [0.4, 0.5) is 0 Å². The molecule has 0 spiro atoms. The van der Waals surface area contributed by atoms with E-state index in [0.717, 1.165) is 16.9 Å². The molecule has 148 valence electrons. The third kappa shape index (κ3) is 4.43. The molecule has 3 aromatic carbocycles. The molecule has 0 saturated carbocycles. The molecule has 0 aliphatic carbocycles. The summed E-state index contributed by atoms with van der Waals surface area (Å²) in [6.45, 7) is 0. The molecule has 0 bridgehead atoms. The van der Waals surface area contributed by atoms with Crippen molar-refractivity contribution in [1.29, 1.82) is 0 Å². The van der Waals surface area contributed by atoms with Crippen LogP contribution in [-0.4, -0.2) is 21.9 Å². The van der Waals surface area contributed by atoms with Crippen molar-refractivity contribution in [2.75, 3.05) is 0 Å². The van der Waals surface area contributed by atoms with Crippen LogP contribution in [0.15, 0.2) is 90.0 Å². The molecule has 5 nitrogen and oxygen atoms in total. The molecule has 0 radical (unpaired) electrons. The highest BCUT2D eigenvalue weighted by atomic mass is 35.5. The minimum Gasteiger partial charge on any atom is -0.265 e. The van der Waals surface area contributed by atoms with Crippen LogP contribution in [-0.2, 0) is 0 Å². The van der Waals surface area contributed by atoms with E-state index >= 15 is 0 Å². The number of para-hydroxylation sites is 1. The van der Waals surface area contributed by atoms with Crippen LogP contribution in [0.25, 0.3) is 16.9 Å². The summed E-state index contributed by atoms with van der Waals surface area (Å²) in [5.41, 5.74) is 5.99. The molecule has 4 aromatic rings. The van der Waals surface area contributed by atoms with E-state index in [-0.39, 0.29) is 5.69 Å². The lowest BCUT2D eigenvalue weighted by atomic mass is 10.1. The normalized spacial score (nSPS) is 11.0. The van der Waals surface area contributed by atoms with Crippen molar-refractivity contribution in [1.82, 2.24) is 15.2 Å². The number of benzene rings is 3. The van der Waals surface area contributed by atoms with Crippen LogP contribution in [0.2, 0.25) is 10.0 Å². The van der Waals surface area contributed by atoms with Crippen molar-refractivity contribution < 1.29 is 4.79 Å². The molecule has 4 rings (SSSR count). The Labute approximate surface area is 183 Å². The van der Waals surface area contributed by atoms with Gasteiger partial charge in [0.05, 0.1) is 22.6 Å². The second-order valence-corrected chi connectivity index (χ2v) is 7.24. The average Bonchev–Trinajstić information content (AvgIpc) is 3.22. The summed E-state index contributed by atoms with van der Waals surface area (Å²) < 4.78 is 1.74. The van der Waals surface area contributed by atoms with Crippen molar-refractivity contribution >= 4 is 35.3 Å². The van der Waals surface area contributed by atoms with Gasteiger partial charge in [0.1, 0.15) is 0 Å². The molecule has 0 aliphatic heterocycles. The Morgan fingerprint density at radius 1 is 0.933 bits per heavy atom. The maximum atomic E-state index is 12.6. The van der Waals surface area contributed by atoms with Gasteiger partial charge in [-0.15, -0.1) is 0 Å². The molecule has 0 saturated heterocycles. The molecular weight excluding hydrogens is 419 g/mol. The highest BCUT2D eigenvalue weighted by molar-refractivity contribution is 6.36. The fourth-order valence-corrected chi connectivity index (χ4v) is 3.35. The second kappa shape index (κ2) is 8.95. The number of hydrazone groups is 1. The summed E-state index contributed by atoms with van der Waals surface area (Å²) >= 11 is 12.0. The predicted molar refractivity (Wildman–Crippen MR) is 121 cm³/mol. The van der Waals surface area contributed by atoms with E-state index in [4.69, 9.17) is 23.2 Å². The summed E-state index contributed by atoms with van der Waals surface area (Å²) in [5, 5.41) is 9.46. The van der Waals surface area contributed by atoms with Gasteiger partial charge >= 0.3 is 0 Å². The largest absolute Gasteiger partial charge is 0.291 e. The van der Waals surface area contributed by atoms with Gasteiger partial charge in [0.2, 0.25) is 0 Å². The van der Waals surface area contributed by atoms with Crippen LogP contribution >= 0.6 is 23.2 Å². The maximum Gasteiger partial charge on any atom is 0.291 e. The summed E-state index contributed by atoms with van der Waals surface area (Å²) in [6, 6.07) is 26.2. The number of hydrogen-bond donors (Lipinski definition) is 1. The van der Waals surface area contributed by atoms with Gasteiger partial charge in [-0.1, -0.05) is 77.8 Å². The number of nitrogens with zero attached hydrogens (tertiary/aromatic N) is 3. The van der Waals surface area contributed by atoms with E-state index < -0.39 is 5.91 Å². The number of rotatable bonds is 5. The van der Waals surface area contributed by atoms with E-state index in [1.165, 1.54) is 6.21 Å². The number of amides is 1. The quantitative estimate of drug-likeness (QED) is 0.327. The van der Waals surface area contributed by atoms with E-state index in [0.29, 0.717) is 15.6 Å². The second-order valence-electron chi connectivity index (χ2n) is 6.39. The highest BCUT2D eigenvalue weighted by Gasteiger charge is 2.16. The van der Waals surface area contributed by atoms with Crippen molar-refractivity contribution in [3.63, 3.8) is 0 Å². The smallest absolute Gasteiger partial charge is 0.265 e. The number of nitrogens with one attached hydrogen (secondary N) is 1. The van der Waals surface area contributed by atoms with Crippen LogP contribution < -0.4 is 5.43 Å². The first-order valence-corrected chi connectivity index (χ1v) is 9.87. The number of carbonyl (C=O) groups is 1. The molecule has 1 N–H and O–H groups in total. The van der Waals surface area contributed by atoms with Crippen LogP contribution in [0.5, 0.6) is 0 Å². The summed E-state index contributed by atoms with van der Waals surface area (Å²) in [4.78, 5) is 12.6. The first-order chi connectivity index (χ1) is 14.6. The lowest BCUT2D eigenvalue weighted by Crippen LogP contribution is -2.18. The van der Waals surface area contributed by atoms with Crippen molar-refractivity contribution in [2.45, 2.75) is 0 Å². The van der Waals surface area contributed by atoms with Gasteiger partial charge in [0, 0.05) is 16.1 Å². The number of carbonyl (C=O) groups excluding carboxylic acids is 1. The first kappa shape index (κ1) is 19.9. The van der Waals surface area contributed by atoms with Crippen LogP contribution in [0, 0.1) is 0 Å². The molecule has 1 amide bonds. The minimum atomic E-state index is -0.428. The third-order valence-corrected chi connectivity index (χ3v) is 4.91. The molecular formula is C23H16Cl2N4O. The lowest BCUT2D eigenvalue weighted by Gasteiger charge is -2.07. The summed E-state index contributed by atoms with van der Waals surface area (Å²) in [7, 11) is 0. The summed E-state index contributed by atoms with van der Waals surface area (Å²) in [6.07, 6.45) is 1.46. The zero-order valence-electron chi connectivity index (χ0n) is 15.7. The number of halogens is 2. The van der Waals surface area contributed by atoms with Gasteiger partial charge in [-0.25, -0.2) is 10.1 Å². The van der Waals surface area contributed by atoms with Gasteiger partial charge in [-0.3, -0.25) is 4.79 Å². The molecule has 0 unspecified atom stereocenters. The average molecular weight is 435 g/mol. The Morgan fingerprint density at radius 2 is 1.63 bits per heavy atom. The van der Waals surface area contributed by atoms with Gasteiger partial charge in [-0.2, -0.15) is 10.2 Å². The minimum absolute atomic E-state index is 0.247. The van der Waals surface area contributed by atoms with Crippen molar-refractivity contribution in [2.24, 2.45) is 5.10 Å². The molecule has 0 atom stereocenters. The molecule has 7 heteroatoms. The van der Waals surface area contributed by atoms with E-state index in [2.05, 4.69) is 15.6 Å². The molecule has 30 heavy (non-hydrogen) atoms. The standard InChI is InChI=1S/C23H16Cl2N4O/c24-18-12-11-17(20(25)13-18)15-26-27-23(30)21-14-22(16-7-3-1-4-8-16)29(28-21)19-9-5-2-6-10-19/h1-15H,(H,27,30)/b26-15+. The Kier molecular flexibility index (Phi) is 5.93. The molecule has 1 aromatic heterocycles. The SMILES string of the molecule is O=C(N/N=C/c1ccc(Cl)cc1Cl)c1cc(-c2ccccc2)n(-c2ccccc2)n1. The Morgan fingerprint density at radius 3 is 2.33 bits per heavy atom. The van der Waals surface area contributed by atoms with Gasteiger partial charge in [0.25, 0.3) is 5.91 Å². The topological polar surface area (TPSA) is 59.3 Å². The van der Waals surface area contributed by atoms with Gasteiger partial charge < -0.3 is 0 Å². The Bertz CT molecular complexity index is 1150. The third-order valence-electron chi connectivity index (χ3n) is 4.34. The van der Waals surface area contributed by atoms with E-state index in [1.807, 2.05) is 60.7 Å². The summed E-state index contributed by atoms with van der Waals surface area (Å²) in [5.74, 6) is -0.428. The Balaban J connectivity index is 1.61. The van der Waals surface area contributed by atoms with E-state index in [1.54, 1.807) is 28.9 Å². The van der Waals surface area contributed by atoms with E-state index in [9.17, 15) is 4.79 Å². The molecule has 1 heterocycles. The predicted octanol–water partition coefficient (Wildman–Crippen LogP) is 5.61. The molecule has 0 aliphatic rings. The zero-order valence-corrected chi connectivity index (χ0v) is 17.2. The van der Waals surface area contributed by atoms with Crippen LogP contribution in [0.3, 0.4) is 0 Å². The first-order valence-electron chi connectivity index (χ1n) is 9.11. The Hall–Kier alpha value is -3.41.